The van der Waals surface area contributed by atoms with Gasteiger partial charge in [-0.05, 0) is 48.4 Å². The first kappa shape index (κ1) is 19.4. The number of carbonyl (C=O) groups is 1. The summed E-state index contributed by atoms with van der Waals surface area (Å²) in [6.45, 7) is 1.96. The third-order valence-electron chi connectivity index (χ3n) is 4.93. The van der Waals surface area contributed by atoms with Crippen LogP contribution in [0.3, 0.4) is 0 Å². The molecular formula is C23H18N8O. The summed E-state index contributed by atoms with van der Waals surface area (Å²) >= 11 is 0. The smallest absolute Gasteiger partial charge is 0.247 e. The molecule has 0 saturated carbocycles. The number of aromatic nitrogens is 7. The summed E-state index contributed by atoms with van der Waals surface area (Å²) < 4.78 is 1.58. The molecule has 0 atom stereocenters. The Morgan fingerprint density at radius 3 is 2.59 bits per heavy atom. The minimum absolute atomic E-state index is 0.0168. The van der Waals surface area contributed by atoms with Crippen molar-refractivity contribution in [2.75, 3.05) is 5.32 Å². The van der Waals surface area contributed by atoms with Crippen molar-refractivity contribution in [1.29, 1.82) is 0 Å². The Morgan fingerprint density at radius 1 is 0.906 bits per heavy atom. The van der Waals surface area contributed by atoms with Crippen LogP contribution in [-0.2, 0) is 11.3 Å². The summed E-state index contributed by atoms with van der Waals surface area (Å²) in [7, 11) is 0. The Balaban J connectivity index is 1.34. The number of nitrogens with zero attached hydrogens (tertiary/aromatic N) is 7. The molecule has 9 heteroatoms. The molecule has 0 aromatic carbocycles. The number of aryl methyl sites for hydroxylation is 1. The van der Waals surface area contributed by atoms with Gasteiger partial charge in [-0.1, -0.05) is 0 Å². The molecule has 0 aliphatic heterocycles. The second-order valence-electron chi connectivity index (χ2n) is 7.15. The van der Waals surface area contributed by atoms with Crippen molar-refractivity contribution in [3.05, 3.63) is 79.4 Å². The lowest BCUT2D eigenvalue weighted by Gasteiger charge is -2.07. The lowest BCUT2D eigenvalue weighted by molar-refractivity contribution is -0.116. The van der Waals surface area contributed by atoms with Crippen molar-refractivity contribution in [2.24, 2.45) is 0 Å². The lowest BCUT2D eigenvalue weighted by Crippen LogP contribution is -2.20. The number of rotatable bonds is 5. The fourth-order valence-electron chi connectivity index (χ4n) is 3.44. The van der Waals surface area contributed by atoms with Gasteiger partial charge in [0.2, 0.25) is 5.91 Å². The summed E-state index contributed by atoms with van der Waals surface area (Å²) in [6, 6.07) is 9.45. The summed E-state index contributed by atoms with van der Waals surface area (Å²) in [5.74, 6) is 0.196. The number of nitrogens with one attached hydrogen (secondary N) is 1. The standard InChI is InChI=1S/C23H18N8O/c1-15-10-16(4-6-25-15)18-5-7-27-23-19(18)12-29-31(23)14-22(32)30-21-3-2-17(11-28-21)20-13-24-8-9-26-20/h2-13H,14H2,1H3,(H,28,30,32). The molecule has 0 radical (unpaired) electrons. The van der Waals surface area contributed by atoms with Crippen LogP contribution in [0.5, 0.6) is 0 Å². The predicted octanol–water partition coefficient (Wildman–Crippen LogP) is 3.29. The molecule has 0 saturated heterocycles. The quantitative estimate of drug-likeness (QED) is 0.462. The van der Waals surface area contributed by atoms with Gasteiger partial charge < -0.3 is 5.32 Å². The summed E-state index contributed by atoms with van der Waals surface area (Å²) in [4.78, 5) is 33.9. The second-order valence-corrected chi connectivity index (χ2v) is 7.15. The molecule has 156 valence electrons. The Morgan fingerprint density at radius 2 is 1.81 bits per heavy atom. The average Bonchev–Trinajstić information content (AvgIpc) is 3.23. The molecule has 5 rings (SSSR count). The highest BCUT2D eigenvalue weighted by atomic mass is 16.2. The van der Waals surface area contributed by atoms with Crippen LogP contribution in [0.25, 0.3) is 33.4 Å². The minimum Gasteiger partial charge on any atom is -0.309 e. The Labute approximate surface area is 183 Å². The third-order valence-corrected chi connectivity index (χ3v) is 4.93. The zero-order valence-corrected chi connectivity index (χ0v) is 17.2. The topological polar surface area (TPSA) is 111 Å². The van der Waals surface area contributed by atoms with Crippen LogP contribution in [0.15, 0.2) is 73.7 Å². The zero-order valence-electron chi connectivity index (χ0n) is 17.2. The highest BCUT2D eigenvalue weighted by molar-refractivity contribution is 5.94. The summed E-state index contributed by atoms with van der Waals surface area (Å²) in [5.41, 5.74) is 5.12. The molecule has 0 aliphatic rings. The first-order chi connectivity index (χ1) is 15.7. The van der Waals surface area contributed by atoms with E-state index in [1.54, 1.807) is 54.1 Å². The number of hydrogen-bond donors (Lipinski definition) is 1. The molecule has 9 nitrogen and oxygen atoms in total. The van der Waals surface area contributed by atoms with Gasteiger partial charge in [0.15, 0.2) is 5.65 Å². The van der Waals surface area contributed by atoms with E-state index in [1.165, 1.54) is 0 Å². The molecule has 0 bridgehead atoms. The number of pyridine rings is 3. The molecule has 1 amide bonds. The molecule has 0 aliphatic carbocycles. The first-order valence-corrected chi connectivity index (χ1v) is 9.93. The predicted molar refractivity (Wildman–Crippen MR) is 119 cm³/mol. The van der Waals surface area contributed by atoms with Crippen molar-refractivity contribution in [2.45, 2.75) is 13.5 Å². The Kier molecular flexibility index (Phi) is 5.04. The van der Waals surface area contributed by atoms with Gasteiger partial charge in [-0.25, -0.2) is 14.6 Å². The number of hydrogen-bond acceptors (Lipinski definition) is 7. The monoisotopic (exact) mass is 422 g/mol. The molecule has 0 spiro atoms. The number of amides is 1. The highest BCUT2D eigenvalue weighted by Gasteiger charge is 2.13. The van der Waals surface area contributed by atoms with Crippen molar-refractivity contribution in [3.8, 4) is 22.4 Å². The number of fused-ring (bicyclic) bond motifs is 1. The largest absolute Gasteiger partial charge is 0.309 e. The van der Waals surface area contributed by atoms with E-state index < -0.39 is 0 Å². The van der Waals surface area contributed by atoms with Crippen molar-refractivity contribution < 1.29 is 4.79 Å². The van der Waals surface area contributed by atoms with Crippen LogP contribution in [0.1, 0.15) is 5.69 Å². The lowest BCUT2D eigenvalue weighted by atomic mass is 10.0. The summed E-state index contributed by atoms with van der Waals surface area (Å²) in [6.07, 6.45) is 11.8. The molecule has 32 heavy (non-hydrogen) atoms. The van der Waals surface area contributed by atoms with Gasteiger partial charge in [0.05, 0.1) is 18.1 Å². The van der Waals surface area contributed by atoms with E-state index in [0.717, 1.165) is 27.8 Å². The van der Waals surface area contributed by atoms with Gasteiger partial charge in [0, 0.05) is 47.6 Å². The van der Waals surface area contributed by atoms with Gasteiger partial charge in [0.25, 0.3) is 0 Å². The van der Waals surface area contributed by atoms with E-state index in [2.05, 4.69) is 35.3 Å². The first-order valence-electron chi connectivity index (χ1n) is 9.93. The van der Waals surface area contributed by atoms with E-state index >= 15 is 0 Å². The van der Waals surface area contributed by atoms with Crippen LogP contribution in [0.2, 0.25) is 0 Å². The van der Waals surface area contributed by atoms with E-state index in [9.17, 15) is 4.79 Å². The van der Waals surface area contributed by atoms with Crippen molar-refractivity contribution in [1.82, 2.24) is 34.7 Å². The van der Waals surface area contributed by atoms with Crippen molar-refractivity contribution >= 4 is 22.8 Å². The van der Waals surface area contributed by atoms with Gasteiger partial charge in [0.1, 0.15) is 12.4 Å². The van der Waals surface area contributed by atoms with E-state index in [-0.39, 0.29) is 12.5 Å². The normalized spacial score (nSPS) is 10.9. The number of anilines is 1. The maximum atomic E-state index is 12.6. The van der Waals surface area contributed by atoms with Gasteiger partial charge in [-0.2, -0.15) is 5.10 Å². The molecule has 0 fully saturated rings. The fourth-order valence-corrected chi connectivity index (χ4v) is 3.44. The van der Waals surface area contributed by atoms with Crippen LogP contribution >= 0.6 is 0 Å². The van der Waals surface area contributed by atoms with E-state index in [0.29, 0.717) is 17.2 Å². The van der Waals surface area contributed by atoms with Crippen LogP contribution in [-0.4, -0.2) is 40.6 Å². The Hall–Kier alpha value is -4.53. The molecule has 5 aromatic rings. The Bertz CT molecular complexity index is 1400. The number of carbonyl (C=O) groups excluding carboxylic acids is 1. The van der Waals surface area contributed by atoms with E-state index in [4.69, 9.17) is 0 Å². The average molecular weight is 422 g/mol. The third kappa shape index (κ3) is 3.91. The maximum absolute atomic E-state index is 12.6. The summed E-state index contributed by atoms with van der Waals surface area (Å²) in [5, 5.41) is 8.05. The van der Waals surface area contributed by atoms with Gasteiger partial charge in [-0.3, -0.25) is 19.7 Å². The SMILES string of the molecule is Cc1cc(-c2ccnc3c2cnn3CC(=O)Nc2ccc(-c3cnccn3)cn2)ccn1. The minimum atomic E-state index is -0.248. The van der Waals surface area contributed by atoms with E-state index in [1.807, 2.05) is 31.2 Å². The van der Waals surface area contributed by atoms with Crippen LogP contribution < -0.4 is 5.32 Å². The van der Waals surface area contributed by atoms with Gasteiger partial charge >= 0.3 is 0 Å². The maximum Gasteiger partial charge on any atom is 0.247 e. The van der Waals surface area contributed by atoms with Crippen molar-refractivity contribution in [3.63, 3.8) is 0 Å². The molecule has 1 N–H and O–H groups in total. The zero-order chi connectivity index (χ0) is 21.9. The molecule has 5 aromatic heterocycles. The van der Waals surface area contributed by atoms with Crippen LogP contribution in [0.4, 0.5) is 5.82 Å². The molecular weight excluding hydrogens is 404 g/mol. The molecule has 5 heterocycles. The van der Waals surface area contributed by atoms with Crippen LogP contribution in [0, 0.1) is 6.92 Å². The second kappa shape index (κ2) is 8.31. The highest BCUT2D eigenvalue weighted by Crippen LogP contribution is 2.27. The molecule has 0 unspecified atom stereocenters. The fraction of sp³-hybridized carbons (Fsp3) is 0.0870. The van der Waals surface area contributed by atoms with Gasteiger partial charge in [-0.15, -0.1) is 0 Å².